The first-order valence-electron chi connectivity index (χ1n) is 6.32. The van der Waals surface area contributed by atoms with Crippen LogP contribution in [-0.4, -0.2) is 42.9 Å². The molecule has 96 valence electrons. The number of primary amides is 1. The number of carbonyl (C=O) groups excluding carboxylic acids is 2. The molecular formula is C12H21N3O2. The van der Waals surface area contributed by atoms with Crippen molar-refractivity contribution < 1.29 is 9.59 Å². The molecule has 2 fully saturated rings. The van der Waals surface area contributed by atoms with E-state index in [0.717, 1.165) is 25.9 Å². The molecule has 0 aromatic heterocycles. The number of piperidine rings is 1. The zero-order chi connectivity index (χ0) is 12.5. The molecular weight excluding hydrogens is 218 g/mol. The van der Waals surface area contributed by atoms with Gasteiger partial charge in [0.25, 0.3) is 0 Å². The smallest absolute Gasteiger partial charge is 0.226 e. The number of nitrogens with one attached hydrogen (secondary N) is 1. The van der Waals surface area contributed by atoms with E-state index in [0.29, 0.717) is 19.5 Å². The number of hydrogen-bond donors (Lipinski definition) is 2. The fourth-order valence-electron chi connectivity index (χ4n) is 2.67. The first kappa shape index (κ1) is 12.4. The quantitative estimate of drug-likeness (QED) is 0.695. The molecule has 0 bridgehead atoms. The van der Waals surface area contributed by atoms with E-state index in [-0.39, 0.29) is 17.7 Å². The molecule has 2 heterocycles. The molecule has 0 aliphatic carbocycles. The summed E-state index contributed by atoms with van der Waals surface area (Å²) in [6.07, 6.45) is 2.70. The van der Waals surface area contributed by atoms with Crippen LogP contribution in [-0.2, 0) is 9.59 Å². The third-order valence-electron chi connectivity index (χ3n) is 4.03. The molecule has 0 radical (unpaired) electrons. The first-order valence-corrected chi connectivity index (χ1v) is 6.32. The highest BCUT2D eigenvalue weighted by Gasteiger charge is 2.41. The van der Waals surface area contributed by atoms with Crippen LogP contribution < -0.4 is 11.1 Å². The predicted molar refractivity (Wildman–Crippen MR) is 64.1 cm³/mol. The van der Waals surface area contributed by atoms with Gasteiger partial charge < -0.3 is 16.0 Å². The molecule has 0 aromatic rings. The molecule has 0 aromatic carbocycles. The lowest BCUT2D eigenvalue weighted by atomic mass is 9.89. The van der Waals surface area contributed by atoms with Gasteiger partial charge in [-0.05, 0) is 32.7 Å². The Labute approximate surface area is 102 Å². The Morgan fingerprint density at radius 1 is 1.47 bits per heavy atom. The van der Waals surface area contributed by atoms with Gasteiger partial charge in [-0.2, -0.15) is 0 Å². The second-order valence-corrected chi connectivity index (χ2v) is 5.48. The monoisotopic (exact) mass is 239 g/mol. The van der Waals surface area contributed by atoms with E-state index in [9.17, 15) is 9.59 Å². The van der Waals surface area contributed by atoms with Crippen LogP contribution in [0.3, 0.4) is 0 Å². The SMILES string of the molecule is CC1(C(N)=O)CCN(C(=O)[C@@H]2CCCNC2)C1. The average molecular weight is 239 g/mol. The fourth-order valence-corrected chi connectivity index (χ4v) is 2.67. The molecule has 2 rings (SSSR count). The normalized spacial score (nSPS) is 33.7. The maximum atomic E-state index is 12.2. The minimum atomic E-state index is -0.530. The summed E-state index contributed by atoms with van der Waals surface area (Å²) in [6.45, 7) is 4.76. The number of nitrogens with zero attached hydrogens (tertiary/aromatic N) is 1. The largest absolute Gasteiger partial charge is 0.369 e. The average Bonchev–Trinajstić information content (AvgIpc) is 2.74. The number of carbonyl (C=O) groups is 2. The van der Waals surface area contributed by atoms with Crippen molar-refractivity contribution in [1.29, 1.82) is 0 Å². The van der Waals surface area contributed by atoms with E-state index in [1.54, 1.807) is 0 Å². The van der Waals surface area contributed by atoms with Crippen LogP contribution in [0.25, 0.3) is 0 Å². The van der Waals surface area contributed by atoms with Gasteiger partial charge >= 0.3 is 0 Å². The Morgan fingerprint density at radius 3 is 2.76 bits per heavy atom. The van der Waals surface area contributed by atoms with Crippen molar-refractivity contribution in [3.8, 4) is 0 Å². The molecule has 2 atom stereocenters. The van der Waals surface area contributed by atoms with Crippen molar-refractivity contribution in [3.05, 3.63) is 0 Å². The Morgan fingerprint density at radius 2 is 2.24 bits per heavy atom. The standard InChI is InChI=1S/C12H21N3O2/c1-12(11(13)17)4-6-15(8-12)10(16)9-3-2-5-14-7-9/h9,14H,2-8H2,1H3,(H2,13,17)/t9-,12?/m1/s1. The second-order valence-electron chi connectivity index (χ2n) is 5.48. The van der Waals surface area contributed by atoms with Crippen LogP contribution in [0.5, 0.6) is 0 Å². The zero-order valence-electron chi connectivity index (χ0n) is 10.4. The molecule has 0 saturated carbocycles. The summed E-state index contributed by atoms with van der Waals surface area (Å²) in [5.74, 6) is -0.0317. The lowest BCUT2D eigenvalue weighted by Crippen LogP contribution is -2.44. The highest BCUT2D eigenvalue weighted by molar-refractivity contribution is 5.84. The van der Waals surface area contributed by atoms with E-state index >= 15 is 0 Å². The van der Waals surface area contributed by atoms with Crippen molar-refractivity contribution in [3.63, 3.8) is 0 Å². The van der Waals surface area contributed by atoms with Crippen molar-refractivity contribution in [1.82, 2.24) is 10.2 Å². The Balaban J connectivity index is 1.95. The van der Waals surface area contributed by atoms with Crippen molar-refractivity contribution in [2.75, 3.05) is 26.2 Å². The topological polar surface area (TPSA) is 75.4 Å². The Kier molecular flexibility index (Phi) is 3.38. The van der Waals surface area contributed by atoms with Gasteiger partial charge in [0.05, 0.1) is 11.3 Å². The summed E-state index contributed by atoms with van der Waals surface area (Å²) in [5, 5.41) is 3.24. The number of rotatable bonds is 2. The lowest BCUT2D eigenvalue weighted by molar-refractivity contribution is -0.136. The lowest BCUT2D eigenvalue weighted by Gasteiger charge is -2.27. The molecule has 5 heteroatoms. The molecule has 0 spiro atoms. The minimum absolute atomic E-state index is 0.0824. The number of nitrogens with two attached hydrogens (primary N) is 1. The van der Waals surface area contributed by atoms with Crippen LogP contribution in [0.15, 0.2) is 0 Å². The predicted octanol–water partition coefficient (Wildman–Crippen LogP) is -0.290. The van der Waals surface area contributed by atoms with Gasteiger partial charge in [0.2, 0.25) is 11.8 Å². The van der Waals surface area contributed by atoms with Crippen LogP contribution >= 0.6 is 0 Å². The Hall–Kier alpha value is -1.10. The number of amides is 2. The third-order valence-corrected chi connectivity index (χ3v) is 4.03. The molecule has 2 amide bonds. The zero-order valence-corrected chi connectivity index (χ0v) is 10.4. The highest BCUT2D eigenvalue weighted by atomic mass is 16.2. The molecule has 5 nitrogen and oxygen atoms in total. The summed E-state index contributed by atoms with van der Waals surface area (Å²) in [4.78, 5) is 25.4. The summed E-state index contributed by atoms with van der Waals surface area (Å²) in [7, 11) is 0. The third kappa shape index (κ3) is 2.44. The summed E-state index contributed by atoms with van der Waals surface area (Å²) < 4.78 is 0. The highest BCUT2D eigenvalue weighted by Crippen LogP contribution is 2.30. The van der Waals surface area contributed by atoms with Crippen LogP contribution in [0, 0.1) is 11.3 Å². The molecule has 2 aliphatic heterocycles. The van der Waals surface area contributed by atoms with Gasteiger partial charge in [-0.1, -0.05) is 0 Å². The van der Waals surface area contributed by atoms with E-state index in [2.05, 4.69) is 5.32 Å². The van der Waals surface area contributed by atoms with Gasteiger partial charge in [-0.3, -0.25) is 9.59 Å². The van der Waals surface area contributed by atoms with E-state index in [1.807, 2.05) is 11.8 Å². The van der Waals surface area contributed by atoms with Gasteiger partial charge in [0.15, 0.2) is 0 Å². The summed E-state index contributed by atoms with van der Waals surface area (Å²) >= 11 is 0. The van der Waals surface area contributed by atoms with Crippen molar-refractivity contribution in [2.45, 2.75) is 26.2 Å². The molecule has 1 unspecified atom stereocenters. The summed E-state index contributed by atoms with van der Waals surface area (Å²) in [6, 6.07) is 0. The second kappa shape index (κ2) is 4.64. The number of hydrogen-bond acceptors (Lipinski definition) is 3. The summed E-state index contributed by atoms with van der Waals surface area (Å²) in [5.41, 5.74) is 4.85. The molecule has 3 N–H and O–H groups in total. The minimum Gasteiger partial charge on any atom is -0.369 e. The van der Waals surface area contributed by atoms with E-state index in [1.165, 1.54) is 0 Å². The van der Waals surface area contributed by atoms with Gasteiger partial charge in [0.1, 0.15) is 0 Å². The van der Waals surface area contributed by atoms with Crippen LogP contribution in [0.4, 0.5) is 0 Å². The van der Waals surface area contributed by atoms with Gasteiger partial charge in [0, 0.05) is 19.6 Å². The van der Waals surface area contributed by atoms with Crippen molar-refractivity contribution >= 4 is 11.8 Å². The molecule has 2 aliphatic rings. The van der Waals surface area contributed by atoms with Gasteiger partial charge in [-0.25, -0.2) is 0 Å². The fraction of sp³-hybridized carbons (Fsp3) is 0.833. The van der Waals surface area contributed by atoms with Gasteiger partial charge in [-0.15, -0.1) is 0 Å². The Bertz CT molecular complexity index is 326. The van der Waals surface area contributed by atoms with Crippen LogP contribution in [0.2, 0.25) is 0 Å². The van der Waals surface area contributed by atoms with Crippen molar-refractivity contribution in [2.24, 2.45) is 17.1 Å². The molecule has 17 heavy (non-hydrogen) atoms. The molecule has 2 saturated heterocycles. The first-order chi connectivity index (χ1) is 8.03. The van der Waals surface area contributed by atoms with E-state index in [4.69, 9.17) is 5.73 Å². The maximum Gasteiger partial charge on any atom is 0.226 e. The van der Waals surface area contributed by atoms with Crippen LogP contribution in [0.1, 0.15) is 26.2 Å². The maximum absolute atomic E-state index is 12.2. The number of likely N-dealkylation sites (tertiary alicyclic amines) is 1. The van der Waals surface area contributed by atoms with E-state index < -0.39 is 5.41 Å².